The van der Waals surface area contributed by atoms with Crippen LogP contribution in [-0.4, -0.2) is 23.5 Å². The fourth-order valence-corrected chi connectivity index (χ4v) is 4.88. The number of halogens is 2. The van der Waals surface area contributed by atoms with Crippen molar-refractivity contribution in [2.24, 2.45) is 0 Å². The quantitative estimate of drug-likeness (QED) is 0.540. The number of benzene rings is 2. The Hall–Kier alpha value is -2.01. The molecule has 0 saturated heterocycles. The topological polar surface area (TPSA) is 38.8 Å². The van der Waals surface area contributed by atoms with Gasteiger partial charge in [-0.1, -0.05) is 48.5 Å². The van der Waals surface area contributed by atoms with E-state index in [1.807, 2.05) is 6.07 Å². The van der Waals surface area contributed by atoms with Crippen LogP contribution < -0.4 is 9.47 Å². The third-order valence-corrected chi connectivity index (χ3v) is 6.55. The van der Waals surface area contributed by atoms with E-state index in [0.29, 0.717) is 39.7 Å². The number of allylic oxidation sites excluding steroid dienone is 1. The molecule has 29 heavy (non-hydrogen) atoms. The molecule has 0 radical (unpaired) electrons. The Kier molecular flexibility index (Phi) is 5.02. The fraction of sp³-hybridized carbons (Fsp3) is 0.348. The zero-order valence-electron chi connectivity index (χ0n) is 15.9. The SMILES string of the molecule is O=C1/C(=C/c2ccc(Cl)cc2Cl)Oc2c1ccc1c2CN(C2CCCCC2)CO1. The van der Waals surface area contributed by atoms with Crippen LogP contribution in [0.4, 0.5) is 0 Å². The van der Waals surface area contributed by atoms with Crippen molar-refractivity contribution in [3.8, 4) is 11.5 Å². The molecule has 2 aromatic carbocycles. The van der Waals surface area contributed by atoms with Crippen LogP contribution >= 0.6 is 23.2 Å². The molecule has 1 aliphatic carbocycles. The van der Waals surface area contributed by atoms with E-state index in [-0.39, 0.29) is 11.5 Å². The first kappa shape index (κ1) is 19.0. The molecule has 0 bridgehead atoms. The van der Waals surface area contributed by atoms with E-state index < -0.39 is 0 Å². The lowest BCUT2D eigenvalue weighted by Crippen LogP contribution is -2.41. The van der Waals surface area contributed by atoms with Crippen LogP contribution in [0.3, 0.4) is 0 Å². The average molecular weight is 430 g/mol. The molecule has 2 aromatic rings. The van der Waals surface area contributed by atoms with Gasteiger partial charge in [0.2, 0.25) is 5.78 Å². The lowest BCUT2D eigenvalue weighted by Gasteiger charge is -2.37. The molecular weight excluding hydrogens is 409 g/mol. The Morgan fingerprint density at radius 2 is 1.90 bits per heavy atom. The van der Waals surface area contributed by atoms with E-state index in [4.69, 9.17) is 32.7 Å². The summed E-state index contributed by atoms with van der Waals surface area (Å²) >= 11 is 12.2. The van der Waals surface area contributed by atoms with Crippen molar-refractivity contribution in [1.29, 1.82) is 0 Å². The Morgan fingerprint density at radius 3 is 2.69 bits per heavy atom. The van der Waals surface area contributed by atoms with Gasteiger partial charge >= 0.3 is 0 Å². The van der Waals surface area contributed by atoms with Crippen molar-refractivity contribution >= 4 is 35.1 Å². The lowest BCUT2D eigenvalue weighted by atomic mass is 9.93. The summed E-state index contributed by atoms with van der Waals surface area (Å²) in [7, 11) is 0. The highest BCUT2D eigenvalue weighted by Gasteiger charge is 2.35. The Labute approximate surface area is 180 Å². The fourth-order valence-electron chi connectivity index (χ4n) is 4.42. The van der Waals surface area contributed by atoms with Crippen molar-refractivity contribution in [3.05, 3.63) is 62.8 Å². The standard InChI is InChI=1S/C23H21Cl2NO3/c24-15-7-6-14(19(25)11-15)10-21-22(27)17-8-9-20-18(23(17)29-21)12-26(13-28-20)16-4-2-1-3-5-16/h6-11,16H,1-5,12-13H2/b21-10-. The summed E-state index contributed by atoms with van der Waals surface area (Å²) < 4.78 is 12.1. The van der Waals surface area contributed by atoms with E-state index in [0.717, 1.165) is 17.9 Å². The van der Waals surface area contributed by atoms with Crippen LogP contribution in [0.15, 0.2) is 36.1 Å². The van der Waals surface area contributed by atoms with Crippen LogP contribution in [0.2, 0.25) is 10.0 Å². The second-order valence-corrected chi connectivity index (χ2v) is 8.68. The minimum absolute atomic E-state index is 0.136. The number of hydrogen-bond acceptors (Lipinski definition) is 4. The summed E-state index contributed by atoms with van der Waals surface area (Å²) in [5.41, 5.74) is 2.23. The Bertz CT molecular complexity index is 1010. The Balaban J connectivity index is 1.46. The Morgan fingerprint density at radius 1 is 1.07 bits per heavy atom. The number of hydrogen-bond donors (Lipinski definition) is 0. The molecule has 3 aliphatic rings. The number of ketones is 1. The molecule has 0 unspecified atom stereocenters. The summed E-state index contributed by atoms with van der Waals surface area (Å²) in [5, 5.41) is 1.03. The van der Waals surface area contributed by atoms with Crippen molar-refractivity contribution in [3.63, 3.8) is 0 Å². The molecule has 2 heterocycles. The van der Waals surface area contributed by atoms with Gasteiger partial charge in [-0.05, 0) is 48.7 Å². The molecule has 6 heteroatoms. The predicted octanol–water partition coefficient (Wildman–Crippen LogP) is 6.09. The minimum atomic E-state index is -0.136. The lowest BCUT2D eigenvalue weighted by molar-refractivity contribution is 0.0394. The second kappa shape index (κ2) is 7.67. The van der Waals surface area contributed by atoms with Crippen molar-refractivity contribution in [2.45, 2.75) is 44.7 Å². The smallest absolute Gasteiger partial charge is 0.231 e. The van der Waals surface area contributed by atoms with Gasteiger partial charge in [0, 0.05) is 22.6 Å². The summed E-state index contributed by atoms with van der Waals surface area (Å²) in [6.45, 7) is 1.33. The maximum Gasteiger partial charge on any atom is 0.231 e. The van der Waals surface area contributed by atoms with Gasteiger partial charge < -0.3 is 9.47 Å². The molecule has 0 aromatic heterocycles. The van der Waals surface area contributed by atoms with Gasteiger partial charge in [0.15, 0.2) is 5.76 Å². The molecule has 150 valence electrons. The first-order valence-corrected chi connectivity index (χ1v) is 10.8. The summed E-state index contributed by atoms with van der Waals surface area (Å²) in [4.78, 5) is 15.3. The highest BCUT2D eigenvalue weighted by atomic mass is 35.5. The van der Waals surface area contributed by atoms with Gasteiger partial charge in [-0.25, -0.2) is 0 Å². The third kappa shape index (κ3) is 3.54. The van der Waals surface area contributed by atoms with E-state index in [2.05, 4.69) is 4.90 Å². The van der Waals surface area contributed by atoms with Crippen LogP contribution in [0.25, 0.3) is 6.08 Å². The normalized spacial score (nSPS) is 20.9. The first-order valence-electron chi connectivity index (χ1n) is 10.0. The van der Waals surface area contributed by atoms with Crippen LogP contribution in [0, 0.1) is 0 Å². The van der Waals surface area contributed by atoms with Gasteiger partial charge in [-0.3, -0.25) is 9.69 Å². The van der Waals surface area contributed by atoms with Crippen LogP contribution in [0.1, 0.15) is 53.6 Å². The van der Waals surface area contributed by atoms with Gasteiger partial charge in [-0.15, -0.1) is 0 Å². The molecule has 1 fully saturated rings. The number of nitrogens with zero attached hydrogens (tertiary/aromatic N) is 1. The summed E-state index contributed by atoms with van der Waals surface area (Å²) in [6, 6.07) is 9.38. The summed E-state index contributed by atoms with van der Waals surface area (Å²) in [5.74, 6) is 1.55. The van der Waals surface area contributed by atoms with E-state index >= 15 is 0 Å². The first-order chi connectivity index (χ1) is 14.1. The zero-order chi connectivity index (χ0) is 20.0. The molecule has 0 N–H and O–H groups in total. The van der Waals surface area contributed by atoms with Crippen molar-refractivity contribution < 1.29 is 14.3 Å². The number of ether oxygens (including phenoxy) is 2. The number of fused-ring (bicyclic) bond motifs is 3. The largest absolute Gasteiger partial charge is 0.478 e. The van der Waals surface area contributed by atoms with Crippen molar-refractivity contribution in [1.82, 2.24) is 4.90 Å². The highest BCUT2D eigenvalue weighted by molar-refractivity contribution is 6.35. The zero-order valence-corrected chi connectivity index (χ0v) is 17.4. The van der Waals surface area contributed by atoms with Gasteiger partial charge in [0.05, 0.1) is 11.1 Å². The average Bonchev–Trinajstić information content (AvgIpc) is 3.06. The number of carbonyl (C=O) groups excluding carboxylic acids is 1. The van der Waals surface area contributed by atoms with Gasteiger partial charge in [-0.2, -0.15) is 0 Å². The predicted molar refractivity (Wildman–Crippen MR) is 114 cm³/mol. The monoisotopic (exact) mass is 429 g/mol. The maximum atomic E-state index is 12.9. The number of rotatable bonds is 2. The molecule has 2 aliphatic heterocycles. The molecular formula is C23H21Cl2NO3. The highest BCUT2D eigenvalue weighted by Crippen LogP contribution is 2.43. The van der Waals surface area contributed by atoms with Crippen molar-refractivity contribution in [2.75, 3.05) is 6.73 Å². The molecule has 4 nitrogen and oxygen atoms in total. The maximum absolute atomic E-state index is 12.9. The van der Waals surface area contributed by atoms with Crippen LogP contribution in [0.5, 0.6) is 11.5 Å². The van der Waals surface area contributed by atoms with E-state index in [1.165, 1.54) is 32.1 Å². The molecule has 0 spiro atoms. The molecule has 1 saturated carbocycles. The minimum Gasteiger partial charge on any atom is -0.478 e. The third-order valence-electron chi connectivity index (χ3n) is 5.99. The summed E-state index contributed by atoms with van der Waals surface area (Å²) in [6.07, 6.45) is 7.93. The molecule has 5 rings (SSSR count). The van der Waals surface area contributed by atoms with Crippen LogP contribution in [-0.2, 0) is 6.54 Å². The molecule has 0 atom stereocenters. The van der Waals surface area contributed by atoms with Gasteiger partial charge in [0.25, 0.3) is 0 Å². The number of carbonyl (C=O) groups is 1. The number of Topliss-reactive ketones (excluding diaryl/α,β-unsaturated/α-hetero) is 1. The van der Waals surface area contributed by atoms with Gasteiger partial charge in [0.1, 0.15) is 18.2 Å². The van der Waals surface area contributed by atoms with E-state index in [1.54, 1.807) is 30.3 Å². The van der Waals surface area contributed by atoms with E-state index in [9.17, 15) is 4.79 Å². The molecule has 0 amide bonds. The second-order valence-electron chi connectivity index (χ2n) is 7.84.